The first kappa shape index (κ1) is 34.7. The van der Waals surface area contributed by atoms with Gasteiger partial charge < -0.3 is 24.2 Å². The van der Waals surface area contributed by atoms with E-state index in [0.717, 1.165) is 56.4 Å². The van der Waals surface area contributed by atoms with E-state index in [2.05, 4.69) is 9.62 Å². The van der Waals surface area contributed by atoms with Gasteiger partial charge in [0.1, 0.15) is 18.6 Å². The number of aliphatic hydroxyl groups is 1. The third-order valence-corrected chi connectivity index (χ3v) is 11.9. The SMILES string of the molecule is CC[C@@H]1CC/C=C/[C@H](O[C@@H](C)C(=O)OC)[C@@H]2CC[C@H]2CN2CCCCc3cc(Cl)ccc3COc3ccc(cc32)C(O)NS1(=O)=O. The van der Waals surface area contributed by atoms with Gasteiger partial charge in [0.05, 0.1) is 24.2 Å². The van der Waals surface area contributed by atoms with E-state index in [1.54, 1.807) is 13.0 Å². The van der Waals surface area contributed by atoms with Crippen LogP contribution in [0.1, 0.15) is 81.7 Å². The first-order chi connectivity index (χ1) is 22.1. The van der Waals surface area contributed by atoms with E-state index in [4.69, 9.17) is 25.8 Å². The smallest absolute Gasteiger partial charge is 0.334 e. The lowest BCUT2D eigenvalue weighted by atomic mass is 9.70. The number of aryl methyl sites for hydroxylation is 1. The molecule has 2 N–H and O–H groups in total. The number of ether oxygens (including phenoxy) is 3. The molecule has 2 bridgehead atoms. The number of hydrogen-bond donors (Lipinski definition) is 2. The van der Waals surface area contributed by atoms with Crippen LogP contribution in [0.2, 0.25) is 5.02 Å². The van der Waals surface area contributed by atoms with Gasteiger partial charge in [-0.25, -0.2) is 13.2 Å². The molecule has 6 atom stereocenters. The number of sulfonamides is 1. The number of fused-ring (bicyclic) bond motifs is 3. The van der Waals surface area contributed by atoms with E-state index in [1.807, 2.05) is 49.4 Å². The van der Waals surface area contributed by atoms with Gasteiger partial charge in [-0.05, 0) is 111 Å². The third kappa shape index (κ3) is 8.26. The lowest BCUT2D eigenvalue weighted by Crippen LogP contribution is -2.45. The number of hydrogen-bond acceptors (Lipinski definition) is 8. The molecule has 1 unspecified atom stereocenters. The molecule has 9 nitrogen and oxygen atoms in total. The van der Waals surface area contributed by atoms with Crippen LogP contribution in [-0.4, -0.2) is 57.2 Å². The van der Waals surface area contributed by atoms with Crippen molar-refractivity contribution in [3.05, 3.63) is 70.3 Å². The zero-order chi connectivity index (χ0) is 32.8. The van der Waals surface area contributed by atoms with Gasteiger partial charge in [-0.2, -0.15) is 4.72 Å². The Morgan fingerprint density at radius 1 is 1.15 bits per heavy atom. The van der Waals surface area contributed by atoms with Crippen LogP contribution in [-0.2, 0) is 37.3 Å². The molecule has 252 valence electrons. The fourth-order valence-corrected chi connectivity index (χ4v) is 8.54. The first-order valence-corrected chi connectivity index (χ1v) is 18.4. The van der Waals surface area contributed by atoms with Crippen molar-refractivity contribution in [1.82, 2.24) is 4.72 Å². The number of carbonyl (C=O) groups excluding carboxylic acids is 1. The number of halogens is 1. The summed E-state index contributed by atoms with van der Waals surface area (Å²) >= 11 is 6.34. The minimum atomic E-state index is -3.84. The Bertz CT molecular complexity index is 1500. The van der Waals surface area contributed by atoms with Crippen LogP contribution in [0.15, 0.2) is 48.6 Å². The second-order valence-corrected chi connectivity index (χ2v) is 15.1. The molecule has 0 aromatic heterocycles. The summed E-state index contributed by atoms with van der Waals surface area (Å²) in [4.78, 5) is 14.6. The average molecular weight is 675 g/mol. The topological polar surface area (TPSA) is 114 Å². The minimum Gasteiger partial charge on any atom is -0.487 e. The zero-order valence-electron chi connectivity index (χ0n) is 27.0. The Morgan fingerprint density at radius 3 is 2.72 bits per heavy atom. The standard InChI is InChI=1S/C35H47ClN2O7S/c1-4-29-10-5-6-11-32(45-23(2)35(40)43-3)30-16-13-26(30)21-38-18-8-7-9-24-19-28(36)15-12-27(24)22-44-33-17-14-25(20-31(33)38)34(39)37-46(29,41)42/h6,11-12,14-15,17,19-20,23,26,29-30,32,34,37,39H,4-5,7-10,13,16,18,21-22H2,1-3H3/b11-6+/t23-,26-,29+,30+,32-,34?/m0/s1. The van der Waals surface area contributed by atoms with Crippen molar-refractivity contribution in [2.24, 2.45) is 11.8 Å². The number of carbonyl (C=O) groups is 1. The number of esters is 1. The summed E-state index contributed by atoms with van der Waals surface area (Å²) in [6.07, 6.45) is 7.55. The molecule has 2 heterocycles. The maximum atomic E-state index is 13.4. The molecule has 0 saturated heterocycles. The number of allylic oxidation sites excluding steroid dienone is 1. The molecular formula is C35H47ClN2O7S. The van der Waals surface area contributed by atoms with Gasteiger partial charge in [0.2, 0.25) is 10.0 Å². The van der Waals surface area contributed by atoms with E-state index in [9.17, 15) is 18.3 Å². The summed E-state index contributed by atoms with van der Waals surface area (Å²) in [5, 5.41) is 11.2. The van der Waals surface area contributed by atoms with E-state index in [1.165, 1.54) is 12.7 Å². The number of benzene rings is 2. The number of aliphatic hydroxyl groups excluding tert-OH is 1. The Kier molecular flexibility index (Phi) is 11.7. The monoisotopic (exact) mass is 674 g/mol. The average Bonchev–Trinajstić information content (AvgIpc) is 3.04. The molecule has 46 heavy (non-hydrogen) atoms. The van der Waals surface area contributed by atoms with E-state index >= 15 is 0 Å². The Balaban J connectivity index is 1.53. The van der Waals surface area contributed by atoms with Gasteiger partial charge in [-0.15, -0.1) is 0 Å². The molecule has 3 aliphatic rings. The van der Waals surface area contributed by atoms with Gasteiger partial charge >= 0.3 is 5.97 Å². The van der Waals surface area contributed by atoms with Crippen molar-refractivity contribution < 1.29 is 32.5 Å². The van der Waals surface area contributed by atoms with Crippen LogP contribution in [0.5, 0.6) is 5.75 Å². The molecule has 2 aromatic rings. The van der Waals surface area contributed by atoms with Crippen LogP contribution in [0.4, 0.5) is 5.69 Å². The molecule has 0 radical (unpaired) electrons. The van der Waals surface area contributed by atoms with Crippen molar-refractivity contribution >= 4 is 33.3 Å². The highest BCUT2D eigenvalue weighted by Gasteiger charge is 2.39. The van der Waals surface area contributed by atoms with Crippen molar-refractivity contribution in [3.63, 3.8) is 0 Å². The minimum absolute atomic E-state index is 0.173. The van der Waals surface area contributed by atoms with Gasteiger partial charge in [0, 0.05) is 18.1 Å². The second kappa shape index (κ2) is 15.5. The van der Waals surface area contributed by atoms with Crippen molar-refractivity contribution in [2.45, 2.75) is 95.5 Å². The number of methoxy groups -OCH3 is 1. The zero-order valence-corrected chi connectivity index (χ0v) is 28.6. The van der Waals surface area contributed by atoms with Gasteiger partial charge in [-0.1, -0.05) is 42.8 Å². The van der Waals surface area contributed by atoms with E-state index in [-0.39, 0.29) is 17.9 Å². The molecule has 0 amide bonds. The molecule has 0 spiro atoms. The summed E-state index contributed by atoms with van der Waals surface area (Å²) in [6.45, 7) is 5.37. The molecule has 1 fully saturated rings. The maximum absolute atomic E-state index is 13.4. The van der Waals surface area contributed by atoms with E-state index < -0.39 is 33.6 Å². The van der Waals surface area contributed by atoms with Crippen molar-refractivity contribution in [3.8, 4) is 5.75 Å². The molecule has 2 aromatic carbocycles. The summed E-state index contributed by atoms with van der Waals surface area (Å²) in [5.41, 5.74) is 3.52. The van der Waals surface area contributed by atoms with Gasteiger partial charge in [-0.3, -0.25) is 0 Å². The van der Waals surface area contributed by atoms with Crippen LogP contribution in [0.3, 0.4) is 0 Å². The lowest BCUT2D eigenvalue weighted by molar-refractivity contribution is -0.158. The molecule has 1 saturated carbocycles. The van der Waals surface area contributed by atoms with Crippen LogP contribution < -0.4 is 14.4 Å². The highest BCUT2D eigenvalue weighted by atomic mass is 35.5. The normalized spacial score (nSPS) is 28.2. The fraction of sp³-hybridized carbons (Fsp3) is 0.571. The molecular weight excluding hydrogens is 628 g/mol. The Morgan fingerprint density at radius 2 is 1.98 bits per heavy atom. The Hall–Kier alpha value is -2.63. The van der Waals surface area contributed by atoms with Crippen LogP contribution in [0.25, 0.3) is 0 Å². The largest absolute Gasteiger partial charge is 0.487 e. The first-order valence-electron chi connectivity index (χ1n) is 16.5. The highest BCUT2D eigenvalue weighted by molar-refractivity contribution is 7.90. The molecule has 2 aliphatic heterocycles. The van der Waals surface area contributed by atoms with E-state index in [0.29, 0.717) is 42.2 Å². The lowest BCUT2D eigenvalue weighted by Gasteiger charge is -2.44. The summed E-state index contributed by atoms with van der Waals surface area (Å²) in [5.74, 6) is 0.700. The summed E-state index contributed by atoms with van der Waals surface area (Å²) < 4.78 is 47.0. The quantitative estimate of drug-likeness (QED) is 0.297. The predicted octanol–water partition coefficient (Wildman–Crippen LogP) is 6.07. The molecule has 1 aliphatic carbocycles. The molecule has 5 rings (SSSR count). The Labute approximate surface area is 278 Å². The second-order valence-electron chi connectivity index (χ2n) is 12.7. The predicted molar refractivity (Wildman–Crippen MR) is 179 cm³/mol. The highest BCUT2D eigenvalue weighted by Crippen LogP contribution is 2.42. The fourth-order valence-electron chi connectivity index (χ4n) is 6.82. The van der Waals surface area contributed by atoms with Gasteiger partial charge in [0.25, 0.3) is 0 Å². The number of anilines is 1. The number of nitrogens with one attached hydrogen (secondary N) is 1. The molecule has 11 heteroatoms. The summed E-state index contributed by atoms with van der Waals surface area (Å²) in [7, 11) is -2.48. The number of rotatable bonds is 4. The van der Waals surface area contributed by atoms with Crippen molar-refractivity contribution in [2.75, 3.05) is 25.1 Å². The van der Waals surface area contributed by atoms with Gasteiger partial charge in [0.15, 0.2) is 6.10 Å². The van der Waals surface area contributed by atoms with Crippen LogP contribution >= 0.6 is 11.6 Å². The van der Waals surface area contributed by atoms with Crippen LogP contribution in [0, 0.1) is 11.8 Å². The summed E-state index contributed by atoms with van der Waals surface area (Å²) in [6, 6.07) is 11.3. The maximum Gasteiger partial charge on any atom is 0.334 e. The number of nitrogens with zero attached hydrogens (tertiary/aromatic N) is 1. The third-order valence-electron chi connectivity index (χ3n) is 9.71. The van der Waals surface area contributed by atoms with Crippen molar-refractivity contribution in [1.29, 1.82) is 0 Å².